The van der Waals surface area contributed by atoms with E-state index in [9.17, 15) is 0 Å². The van der Waals surface area contributed by atoms with Gasteiger partial charge in [0.15, 0.2) is 5.75 Å². The molecule has 0 atom stereocenters. The summed E-state index contributed by atoms with van der Waals surface area (Å²) < 4.78 is 4.93. The van der Waals surface area contributed by atoms with Crippen molar-refractivity contribution in [1.29, 1.82) is 0 Å². The lowest BCUT2D eigenvalue weighted by Gasteiger charge is -2.05. The van der Waals surface area contributed by atoms with E-state index in [1.54, 1.807) is 25.3 Å². The molecule has 5 heteroatoms. The molecule has 1 rings (SSSR count). The minimum atomic E-state index is 0. The van der Waals surface area contributed by atoms with Crippen LogP contribution in [0.15, 0.2) is 18.2 Å². The zero-order valence-electron chi connectivity index (χ0n) is 6.61. The number of para-hydroxylation sites is 1. The Kier molecular flexibility index (Phi) is 6.65. The number of ether oxygens (including phenoxy) is 1. The predicted molar refractivity (Wildman–Crippen MR) is 56.3 cm³/mol. The summed E-state index contributed by atoms with van der Waals surface area (Å²) in [6, 6.07) is 5.28. The minimum Gasteiger partial charge on any atom is -0.492 e. The summed E-state index contributed by atoms with van der Waals surface area (Å²) >= 11 is 0. The van der Waals surface area contributed by atoms with Crippen molar-refractivity contribution in [2.75, 3.05) is 18.6 Å². The Hall–Kier alpha value is -0.800. The fraction of sp³-hybridized carbons (Fsp3) is 0.143. The Labute approximate surface area is 83.9 Å². The van der Waals surface area contributed by atoms with E-state index in [4.69, 9.17) is 16.2 Å². The molecule has 0 aliphatic heterocycles. The maximum absolute atomic E-state index is 5.53. The zero-order chi connectivity index (χ0) is 7.56. The monoisotopic (exact) mass is 210 g/mol. The van der Waals surface area contributed by atoms with E-state index in [2.05, 4.69) is 0 Å². The lowest BCUT2D eigenvalue weighted by molar-refractivity contribution is 0.419. The van der Waals surface area contributed by atoms with E-state index >= 15 is 0 Å². The molecule has 0 saturated heterocycles. The third-order valence-corrected chi connectivity index (χ3v) is 1.28. The summed E-state index contributed by atoms with van der Waals surface area (Å²) in [5.41, 5.74) is 12.2. The molecule has 3 nitrogen and oxygen atoms in total. The second-order valence-electron chi connectivity index (χ2n) is 1.97. The molecule has 1 aromatic carbocycles. The Morgan fingerprint density at radius 3 is 1.75 bits per heavy atom. The van der Waals surface area contributed by atoms with Crippen molar-refractivity contribution in [1.82, 2.24) is 0 Å². The number of nitrogen functional groups attached to an aromatic ring is 2. The molecule has 0 aliphatic rings. The Balaban J connectivity index is 0. The van der Waals surface area contributed by atoms with Gasteiger partial charge in [0.2, 0.25) is 0 Å². The second-order valence-corrected chi connectivity index (χ2v) is 1.97. The van der Waals surface area contributed by atoms with Crippen molar-refractivity contribution < 1.29 is 4.74 Å². The van der Waals surface area contributed by atoms with Crippen LogP contribution >= 0.6 is 24.8 Å². The molecule has 0 saturated carbocycles. The maximum atomic E-state index is 5.53. The lowest BCUT2D eigenvalue weighted by atomic mass is 10.2. The Morgan fingerprint density at radius 1 is 1.08 bits per heavy atom. The standard InChI is InChI=1S/C7H10N2O.2ClH/c1-10-7-5(8)3-2-4-6(7)9;;/h2-4H,8-9H2,1H3;2*1H. The highest BCUT2D eigenvalue weighted by molar-refractivity contribution is 5.85. The lowest BCUT2D eigenvalue weighted by Crippen LogP contribution is -1.96. The van der Waals surface area contributed by atoms with Crippen LogP contribution in [0.5, 0.6) is 5.75 Å². The number of hydrogen-bond acceptors (Lipinski definition) is 3. The number of benzene rings is 1. The van der Waals surface area contributed by atoms with Crippen LogP contribution in [0.4, 0.5) is 11.4 Å². The molecular weight excluding hydrogens is 199 g/mol. The molecular formula is C7H12Cl2N2O. The molecule has 0 amide bonds. The minimum absolute atomic E-state index is 0. The third-order valence-electron chi connectivity index (χ3n) is 1.28. The average molecular weight is 211 g/mol. The summed E-state index contributed by atoms with van der Waals surface area (Å²) in [6.07, 6.45) is 0. The van der Waals surface area contributed by atoms with Crippen LogP contribution in [0.2, 0.25) is 0 Å². The molecule has 4 N–H and O–H groups in total. The van der Waals surface area contributed by atoms with Gasteiger partial charge in [0.25, 0.3) is 0 Å². The highest BCUT2D eigenvalue weighted by atomic mass is 35.5. The molecule has 0 heterocycles. The van der Waals surface area contributed by atoms with Gasteiger partial charge in [-0.15, -0.1) is 24.8 Å². The summed E-state index contributed by atoms with van der Waals surface area (Å²) in [6.45, 7) is 0. The van der Waals surface area contributed by atoms with Gasteiger partial charge in [0.05, 0.1) is 18.5 Å². The van der Waals surface area contributed by atoms with Crippen LogP contribution in [0, 0.1) is 0 Å². The van der Waals surface area contributed by atoms with E-state index in [-0.39, 0.29) is 24.8 Å². The third kappa shape index (κ3) is 2.68. The molecule has 0 fully saturated rings. The topological polar surface area (TPSA) is 61.3 Å². The van der Waals surface area contributed by atoms with Crippen LogP contribution in [-0.4, -0.2) is 7.11 Å². The molecule has 70 valence electrons. The molecule has 0 radical (unpaired) electrons. The first-order valence-corrected chi connectivity index (χ1v) is 2.93. The second kappa shape index (κ2) is 5.80. The maximum Gasteiger partial charge on any atom is 0.164 e. The number of anilines is 2. The zero-order valence-corrected chi connectivity index (χ0v) is 8.24. The molecule has 0 aliphatic carbocycles. The number of rotatable bonds is 1. The van der Waals surface area contributed by atoms with E-state index < -0.39 is 0 Å². The fourth-order valence-corrected chi connectivity index (χ4v) is 0.809. The first kappa shape index (κ1) is 13.8. The SMILES string of the molecule is COc1c(N)cccc1N.Cl.Cl. The Morgan fingerprint density at radius 2 is 1.50 bits per heavy atom. The summed E-state index contributed by atoms with van der Waals surface area (Å²) in [5, 5.41) is 0. The fourth-order valence-electron chi connectivity index (χ4n) is 0.809. The molecule has 12 heavy (non-hydrogen) atoms. The quantitative estimate of drug-likeness (QED) is 0.695. The van der Waals surface area contributed by atoms with Gasteiger partial charge >= 0.3 is 0 Å². The van der Waals surface area contributed by atoms with Gasteiger partial charge in [-0.25, -0.2) is 0 Å². The van der Waals surface area contributed by atoms with E-state index in [0.29, 0.717) is 17.1 Å². The van der Waals surface area contributed by atoms with Crippen LogP contribution in [0.3, 0.4) is 0 Å². The van der Waals surface area contributed by atoms with Crippen molar-refractivity contribution in [3.8, 4) is 5.75 Å². The average Bonchev–Trinajstić information content (AvgIpc) is 1.88. The first-order valence-electron chi connectivity index (χ1n) is 2.93. The first-order chi connectivity index (χ1) is 4.75. The van der Waals surface area contributed by atoms with Crippen molar-refractivity contribution in [2.24, 2.45) is 0 Å². The van der Waals surface area contributed by atoms with E-state index in [0.717, 1.165) is 0 Å². The number of nitrogens with two attached hydrogens (primary N) is 2. The smallest absolute Gasteiger partial charge is 0.164 e. The molecule has 1 aromatic rings. The van der Waals surface area contributed by atoms with E-state index in [1.165, 1.54) is 0 Å². The van der Waals surface area contributed by atoms with Gasteiger partial charge < -0.3 is 16.2 Å². The van der Waals surface area contributed by atoms with Crippen molar-refractivity contribution in [3.63, 3.8) is 0 Å². The normalized spacial score (nSPS) is 7.75. The van der Waals surface area contributed by atoms with Crippen molar-refractivity contribution in [3.05, 3.63) is 18.2 Å². The predicted octanol–water partition coefficient (Wildman–Crippen LogP) is 1.70. The summed E-state index contributed by atoms with van der Waals surface area (Å²) in [7, 11) is 1.54. The van der Waals surface area contributed by atoms with Crippen molar-refractivity contribution >= 4 is 36.2 Å². The van der Waals surface area contributed by atoms with Gasteiger partial charge in [0.1, 0.15) is 0 Å². The van der Waals surface area contributed by atoms with Crippen molar-refractivity contribution in [2.45, 2.75) is 0 Å². The van der Waals surface area contributed by atoms with Crippen LogP contribution in [0.1, 0.15) is 0 Å². The summed E-state index contributed by atoms with van der Waals surface area (Å²) in [5.74, 6) is 0.558. The van der Waals surface area contributed by atoms with Gasteiger partial charge in [-0.05, 0) is 12.1 Å². The van der Waals surface area contributed by atoms with Crippen LogP contribution < -0.4 is 16.2 Å². The van der Waals surface area contributed by atoms with E-state index in [1.807, 2.05) is 0 Å². The van der Waals surface area contributed by atoms with Gasteiger partial charge in [0, 0.05) is 0 Å². The van der Waals surface area contributed by atoms with Gasteiger partial charge in [-0.1, -0.05) is 6.07 Å². The Bertz CT molecular complexity index is 223. The van der Waals surface area contributed by atoms with Crippen LogP contribution in [-0.2, 0) is 0 Å². The number of halogens is 2. The van der Waals surface area contributed by atoms with Gasteiger partial charge in [-0.3, -0.25) is 0 Å². The molecule has 0 bridgehead atoms. The molecule has 0 spiro atoms. The number of methoxy groups -OCH3 is 1. The largest absolute Gasteiger partial charge is 0.492 e. The molecule has 0 aromatic heterocycles. The number of hydrogen-bond donors (Lipinski definition) is 2. The molecule has 0 unspecified atom stereocenters. The van der Waals surface area contributed by atoms with Crippen LogP contribution in [0.25, 0.3) is 0 Å². The van der Waals surface area contributed by atoms with Gasteiger partial charge in [-0.2, -0.15) is 0 Å². The summed E-state index contributed by atoms with van der Waals surface area (Å²) in [4.78, 5) is 0. The highest BCUT2D eigenvalue weighted by Crippen LogP contribution is 2.27. The highest BCUT2D eigenvalue weighted by Gasteiger charge is 2.00.